The Hall–Kier alpha value is -0.860. The molecule has 27 heavy (non-hydrogen) atoms. The first-order valence-corrected chi connectivity index (χ1v) is 9.34. The van der Waals surface area contributed by atoms with Gasteiger partial charge in [0.1, 0.15) is 0 Å². The molecular weight excluding hydrogens is 389 g/mol. The molecule has 1 unspecified atom stereocenters. The van der Waals surface area contributed by atoms with Gasteiger partial charge in [-0.3, -0.25) is 14.4 Å². The fourth-order valence-electron chi connectivity index (χ4n) is 3.87. The van der Waals surface area contributed by atoms with Crippen LogP contribution in [0.3, 0.4) is 0 Å². The van der Waals surface area contributed by atoms with Crippen LogP contribution in [0.1, 0.15) is 25.3 Å². The Labute approximate surface area is 174 Å². The molecule has 0 aromatic carbocycles. The summed E-state index contributed by atoms with van der Waals surface area (Å²) in [5.74, 6) is 0.916. The highest BCUT2D eigenvalue weighted by molar-refractivity contribution is 5.85. The summed E-state index contributed by atoms with van der Waals surface area (Å²) in [7, 11) is 1.91. The molecule has 1 aromatic rings. The van der Waals surface area contributed by atoms with Gasteiger partial charge in [-0.25, -0.2) is 0 Å². The molecule has 0 radical (unpaired) electrons. The predicted octanol–water partition coefficient (Wildman–Crippen LogP) is 1.04. The molecule has 3 atom stereocenters. The van der Waals surface area contributed by atoms with Crippen LogP contribution >= 0.6 is 24.8 Å². The number of rotatable bonds is 6. The van der Waals surface area contributed by atoms with Crippen molar-refractivity contribution in [2.75, 3.05) is 45.9 Å². The standard InChI is InChI=1S/C18H31N5O2.2ClH/c1-13(2)10-23-4-5-25-15(12-23)7-20-18(24)17-9-19-8-16(17)14-6-21-22(3)11-14;;/h6,11,13,15-17,19H,4-5,7-10,12H2,1-3H3,(H,20,24);2*1H/t15?,16-,17+;;/m1../s1. The highest BCUT2D eigenvalue weighted by atomic mass is 35.5. The number of hydrogen-bond donors (Lipinski definition) is 2. The number of halogens is 2. The lowest BCUT2D eigenvalue weighted by Crippen LogP contribution is -2.49. The third-order valence-electron chi connectivity index (χ3n) is 5.05. The molecule has 2 aliphatic rings. The van der Waals surface area contributed by atoms with Crippen LogP contribution in [0.5, 0.6) is 0 Å². The first-order chi connectivity index (χ1) is 12.0. The molecular formula is C18H33Cl2N5O2. The number of amides is 1. The van der Waals surface area contributed by atoms with Crippen LogP contribution in [0.15, 0.2) is 12.4 Å². The van der Waals surface area contributed by atoms with E-state index in [2.05, 4.69) is 34.5 Å². The summed E-state index contributed by atoms with van der Waals surface area (Å²) in [5.41, 5.74) is 1.13. The Morgan fingerprint density at radius 3 is 2.85 bits per heavy atom. The predicted molar refractivity (Wildman–Crippen MR) is 111 cm³/mol. The third-order valence-corrected chi connectivity index (χ3v) is 5.05. The molecule has 0 bridgehead atoms. The second-order valence-corrected chi connectivity index (χ2v) is 7.71. The van der Waals surface area contributed by atoms with Crippen LogP contribution in [0.25, 0.3) is 0 Å². The summed E-state index contributed by atoms with van der Waals surface area (Å²) in [6.07, 6.45) is 3.96. The Balaban J connectivity index is 0.00000182. The zero-order valence-electron chi connectivity index (χ0n) is 16.4. The van der Waals surface area contributed by atoms with Crippen molar-refractivity contribution in [3.05, 3.63) is 18.0 Å². The van der Waals surface area contributed by atoms with E-state index in [9.17, 15) is 4.79 Å². The highest BCUT2D eigenvalue weighted by Gasteiger charge is 2.35. The molecule has 0 saturated carbocycles. The third kappa shape index (κ3) is 6.61. The first kappa shape index (κ1) is 24.2. The van der Waals surface area contributed by atoms with Crippen LogP contribution in [-0.4, -0.2) is 72.6 Å². The van der Waals surface area contributed by atoms with Crippen molar-refractivity contribution < 1.29 is 9.53 Å². The Kier molecular flexibility index (Phi) is 10.0. The number of aromatic nitrogens is 2. The summed E-state index contributed by atoms with van der Waals surface area (Å²) in [5, 5.41) is 10.7. The quantitative estimate of drug-likeness (QED) is 0.717. The number of carbonyl (C=O) groups excluding carboxylic acids is 1. The van der Waals surface area contributed by atoms with E-state index in [4.69, 9.17) is 4.74 Å². The smallest absolute Gasteiger partial charge is 0.225 e. The molecule has 9 heteroatoms. The minimum Gasteiger partial charge on any atom is -0.374 e. The summed E-state index contributed by atoms with van der Waals surface area (Å²) in [6, 6.07) is 0. The summed E-state index contributed by atoms with van der Waals surface area (Å²) in [6.45, 7) is 10.3. The molecule has 2 fully saturated rings. The fraction of sp³-hybridized carbons (Fsp3) is 0.778. The molecule has 2 N–H and O–H groups in total. The largest absolute Gasteiger partial charge is 0.374 e. The van der Waals surface area contributed by atoms with Gasteiger partial charge in [0, 0.05) is 58.4 Å². The molecule has 1 aromatic heterocycles. The summed E-state index contributed by atoms with van der Waals surface area (Å²) >= 11 is 0. The molecule has 3 heterocycles. The van der Waals surface area contributed by atoms with E-state index in [0.29, 0.717) is 12.5 Å². The topological polar surface area (TPSA) is 71.4 Å². The fourth-order valence-corrected chi connectivity index (χ4v) is 3.87. The lowest BCUT2D eigenvalue weighted by Gasteiger charge is -2.34. The maximum absolute atomic E-state index is 12.7. The van der Waals surface area contributed by atoms with Gasteiger partial charge in [0.25, 0.3) is 0 Å². The van der Waals surface area contributed by atoms with E-state index in [1.165, 1.54) is 0 Å². The average Bonchev–Trinajstić information content (AvgIpc) is 3.21. The molecule has 0 aliphatic carbocycles. The van der Waals surface area contributed by atoms with Crippen LogP contribution in [0, 0.1) is 11.8 Å². The van der Waals surface area contributed by atoms with Crippen LogP contribution in [-0.2, 0) is 16.6 Å². The molecule has 2 aliphatic heterocycles. The number of aryl methyl sites for hydroxylation is 1. The minimum absolute atomic E-state index is 0. The van der Waals surface area contributed by atoms with Crippen molar-refractivity contribution in [3.8, 4) is 0 Å². The maximum atomic E-state index is 12.7. The Bertz CT molecular complexity index is 584. The van der Waals surface area contributed by atoms with Crippen molar-refractivity contribution in [1.29, 1.82) is 0 Å². The Morgan fingerprint density at radius 2 is 2.19 bits per heavy atom. The number of hydrogen-bond acceptors (Lipinski definition) is 5. The summed E-state index contributed by atoms with van der Waals surface area (Å²) < 4.78 is 7.63. The molecule has 0 spiro atoms. The highest BCUT2D eigenvalue weighted by Crippen LogP contribution is 2.27. The molecule has 2 saturated heterocycles. The molecule has 1 amide bonds. The van der Waals surface area contributed by atoms with Gasteiger partial charge in [0.05, 0.1) is 24.8 Å². The van der Waals surface area contributed by atoms with Gasteiger partial charge in [-0.2, -0.15) is 5.10 Å². The van der Waals surface area contributed by atoms with Crippen molar-refractivity contribution in [1.82, 2.24) is 25.3 Å². The number of carbonyl (C=O) groups is 1. The van der Waals surface area contributed by atoms with E-state index in [0.717, 1.165) is 44.9 Å². The molecule has 3 rings (SSSR count). The number of morpholine rings is 1. The SMILES string of the molecule is CC(C)CN1CCOC(CNC(=O)[C@H]2CNC[C@@H]2c2cnn(C)c2)C1.Cl.Cl. The van der Waals surface area contributed by atoms with Crippen LogP contribution < -0.4 is 10.6 Å². The van der Waals surface area contributed by atoms with E-state index in [1.54, 1.807) is 4.68 Å². The van der Waals surface area contributed by atoms with Gasteiger partial charge in [0.2, 0.25) is 5.91 Å². The first-order valence-electron chi connectivity index (χ1n) is 9.34. The maximum Gasteiger partial charge on any atom is 0.225 e. The lowest BCUT2D eigenvalue weighted by atomic mass is 9.90. The van der Waals surface area contributed by atoms with Crippen LogP contribution in [0.4, 0.5) is 0 Å². The normalized spacial score (nSPS) is 25.7. The van der Waals surface area contributed by atoms with Gasteiger partial charge in [-0.15, -0.1) is 24.8 Å². The van der Waals surface area contributed by atoms with E-state index in [-0.39, 0.29) is 48.7 Å². The van der Waals surface area contributed by atoms with E-state index < -0.39 is 0 Å². The van der Waals surface area contributed by atoms with Crippen molar-refractivity contribution in [2.45, 2.75) is 25.9 Å². The number of nitrogens with one attached hydrogen (secondary N) is 2. The van der Waals surface area contributed by atoms with Gasteiger partial charge in [-0.05, 0) is 11.5 Å². The zero-order chi connectivity index (χ0) is 17.8. The van der Waals surface area contributed by atoms with Gasteiger partial charge in [-0.1, -0.05) is 13.8 Å². The lowest BCUT2D eigenvalue weighted by molar-refractivity contribution is -0.126. The zero-order valence-corrected chi connectivity index (χ0v) is 18.0. The van der Waals surface area contributed by atoms with Crippen LogP contribution in [0.2, 0.25) is 0 Å². The average molecular weight is 422 g/mol. The van der Waals surface area contributed by atoms with Crippen molar-refractivity contribution in [2.24, 2.45) is 18.9 Å². The number of ether oxygens (including phenoxy) is 1. The second kappa shape index (κ2) is 11.2. The molecule has 7 nitrogen and oxygen atoms in total. The van der Waals surface area contributed by atoms with Gasteiger partial charge >= 0.3 is 0 Å². The van der Waals surface area contributed by atoms with E-state index in [1.807, 2.05) is 19.4 Å². The summed E-state index contributed by atoms with van der Waals surface area (Å²) in [4.78, 5) is 15.1. The van der Waals surface area contributed by atoms with Crippen molar-refractivity contribution in [3.63, 3.8) is 0 Å². The second-order valence-electron chi connectivity index (χ2n) is 7.71. The van der Waals surface area contributed by atoms with E-state index >= 15 is 0 Å². The number of nitrogens with zero attached hydrogens (tertiary/aromatic N) is 3. The van der Waals surface area contributed by atoms with Gasteiger partial charge in [0.15, 0.2) is 0 Å². The van der Waals surface area contributed by atoms with Crippen molar-refractivity contribution >= 4 is 30.7 Å². The minimum atomic E-state index is -0.0421. The Morgan fingerprint density at radius 1 is 1.41 bits per heavy atom. The monoisotopic (exact) mass is 421 g/mol. The molecule has 156 valence electrons. The van der Waals surface area contributed by atoms with Gasteiger partial charge < -0.3 is 15.4 Å².